The van der Waals surface area contributed by atoms with Crippen molar-refractivity contribution in [1.29, 1.82) is 0 Å². The number of hydrogen-bond donors (Lipinski definition) is 2. The van der Waals surface area contributed by atoms with Gasteiger partial charge in [-0.1, -0.05) is 17.7 Å². The van der Waals surface area contributed by atoms with Gasteiger partial charge in [-0.3, -0.25) is 4.99 Å². The zero-order valence-electron chi connectivity index (χ0n) is 13.8. The Hall–Kier alpha value is -0.980. The molecule has 0 saturated carbocycles. The SMILES string of the molecule is CN=C(NCCc1ccc(Cl)nc1)NCC1(SC)CCOCC1. The van der Waals surface area contributed by atoms with Gasteiger partial charge in [0.15, 0.2) is 5.96 Å². The average Bonchev–Trinajstić information content (AvgIpc) is 2.60. The smallest absolute Gasteiger partial charge is 0.191 e. The van der Waals surface area contributed by atoms with E-state index >= 15 is 0 Å². The first-order valence-corrected chi connectivity index (χ1v) is 9.45. The Kier molecular flexibility index (Phi) is 7.46. The minimum absolute atomic E-state index is 0.246. The van der Waals surface area contributed by atoms with Gasteiger partial charge in [-0.05, 0) is 37.1 Å². The van der Waals surface area contributed by atoms with E-state index in [1.165, 1.54) is 0 Å². The predicted molar refractivity (Wildman–Crippen MR) is 98.6 cm³/mol. The normalized spacial score (nSPS) is 17.8. The highest BCUT2D eigenvalue weighted by Crippen LogP contribution is 2.32. The number of nitrogens with zero attached hydrogens (tertiary/aromatic N) is 2. The van der Waals surface area contributed by atoms with E-state index < -0.39 is 0 Å². The number of aliphatic imine (C=N–C) groups is 1. The molecule has 5 nitrogen and oxygen atoms in total. The first kappa shape index (κ1) is 18.4. The summed E-state index contributed by atoms with van der Waals surface area (Å²) in [5.41, 5.74) is 1.15. The molecule has 0 radical (unpaired) electrons. The number of aromatic nitrogens is 1. The van der Waals surface area contributed by atoms with Crippen molar-refractivity contribution in [2.24, 2.45) is 4.99 Å². The van der Waals surface area contributed by atoms with E-state index in [1.54, 1.807) is 7.05 Å². The maximum absolute atomic E-state index is 5.79. The summed E-state index contributed by atoms with van der Waals surface area (Å²) in [6.45, 7) is 3.40. The summed E-state index contributed by atoms with van der Waals surface area (Å²) in [7, 11) is 1.80. The van der Waals surface area contributed by atoms with Crippen molar-refractivity contribution in [3.63, 3.8) is 0 Å². The Labute approximate surface area is 147 Å². The molecule has 0 bridgehead atoms. The Morgan fingerprint density at radius 2 is 2.17 bits per heavy atom. The third-order valence-corrected chi connectivity index (χ3v) is 5.78. The summed E-state index contributed by atoms with van der Waals surface area (Å²) in [5.74, 6) is 0.840. The molecule has 23 heavy (non-hydrogen) atoms. The van der Waals surface area contributed by atoms with Crippen LogP contribution in [0.25, 0.3) is 0 Å². The highest BCUT2D eigenvalue weighted by Gasteiger charge is 2.31. The summed E-state index contributed by atoms with van der Waals surface area (Å²) in [6.07, 6.45) is 7.03. The molecule has 7 heteroatoms. The Bertz CT molecular complexity index is 503. The van der Waals surface area contributed by atoms with Crippen molar-refractivity contribution in [2.45, 2.75) is 24.0 Å². The standard InChI is InChI=1S/C16H25ClN4OS/c1-18-15(19-8-5-13-3-4-14(17)20-11-13)21-12-16(23-2)6-9-22-10-7-16/h3-4,11H,5-10,12H2,1-2H3,(H2,18,19,21). The number of ether oxygens (including phenoxy) is 1. The van der Waals surface area contributed by atoms with Crippen molar-refractivity contribution in [3.8, 4) is 0 Å². The molecule has 0 spiro atoms. The lowest BCUT2D eigenvalue weighted by atomic mass is 9.99. The molecule has 0 unspecified atom stereocenters. The van der Waals surface area contributed by atoms with E-state index in [9.17, 15) is 0 Å². The van der Waals surface area contributed by atoms with Gasteiger partial charge in [0.05, 0.1) is 0 Å². The van der Waals surface area contributed by atoms with Gasteiger partial charge in [0, 0.05) is 44.3 Å². The Morgan fingerprint density at radius 1 is 1.39 bits per heavy atom. The van der Waals surface area contributed by atoms with Crippen molar-refractivity contribution in [3.05, 3.63) is 29.0 Å². The summed E-state index contributed by atoms with van der Waals surface area (Å²) in [5, 5.41) is 7.33. The van der Waals surface area contributed by atoms with Gasteiger partial charge in [-0.2, -0.15) is 11.8 Å². The van der Waals surface area contributed by atoms with E-state index in [2.05, 4.69) is 26.9 Å². The van der Waals surface area contributed by atoms with Crippen molar-refractivity contribution in [2.75, 3.05) is 39.6 Å². The number of guanidine groups is 1. The van der Waals surface area contributed by atoms with E-state index in [4.69, 9.17) is 16.3 Å². The van der Waals surface area contributed by atoms with Gasteiger partial charge < -0.3 is 15.4 Å². The molecular formula is C16H25ClN4OS. The molecule has 0 aromatic carbocycles. The van der Waals surface area contributed by atoms with Crippen LogP contribution in [0.2, 0.25) is 5.15 Å². The quantitative estimate of drug-likeness (QED) is 0.465. The first-order chi connectivity index (χ1) is 11.2. The van der Waals surface area contributed by atoms with Crippen LogP contribution in [0.3, 0.4) is 0 Å². The first-order valence-electron chi connectivity index (χ1n) is 7.85. The molecule has 2 heterocycles. The number of thioether (sulfide) groups is 1. The third-order valence-electron chi connectivity index (χ3n) is 4.13. The van der Waals surface area contributed by atoms with Crippen LogP contribution in [0.1, 0.15) is 18.4 Å². The van der Waals surface area contributed by atoms with E-state index in [0.717, 1.165) is 57.1 Å². The summed E-state index contributed by atoms with van der Waals surface area (Å²) >= 11 is 7.72. The van der Waals surface area contributed by atoms with Crippen LogP contribution in [-0.2, 0) is 11.2 Å². The molecule has 0 aliphatic carbocycles. The Balaban J connectivity index is 1.75. The van der Waals surface area contributed by atoms with Gasteiger partial charge in [-0.15, -0.1) is 0 Å². The van der Waals surface area contributed by atoms with Gasteiger partial charge in [0.2, 0.25) is 0 Å². The number of nitrogens with one attached hydrogen (secondary N) is 2. The zero-order chi connectivity index (χ0) is 16.5. The summed E-state index contributed by atoms with van der Waals surface area (Å²) in [6, 6.07) is 3.81. The molecule has 2 rings (SSSR count). The van der Waals surface area contributed by atoms with Crippen LogP contribution < -0.4 is 10.6 Å². The van der Waals surface area contributed by atoms with E-state index in [-0.39, 0.29) is 4.75 Å². The fourth-order valence-electron chi connectivity index (χ4n) is 2.54. The van der Waals surface area contributed by atoms with Crippen LogP contribution in [0.15, 0.2) is 23.3 Å². The third kappa shape index (κ3) is 5.86. The molecule has 1 fully saturated rings. The van der Waals surface area contributed by atoms with E-state index in [0.29, 0.717) is 5.15 Å². The topological polar surface area (TPSA) is 58.5 Å². The summed E-state index contributed by atoms with van der Waals surface area (Å²) in [4.78, 5) is 8.39. The monoisotopic (exact) mass is 356 g/mol. The zero-order valence-corrected chi connectivity index (χ0v) is 15.3. The number of hydrogen-bond acceptors (Lipinski definition) is 4. The fraction of sp³-hybridized carbons (Fsp3) is 0.625. The minimum atomic E-state index is 0.246. The van der Waals surface area contributed by atoms with Gasteiger partial charge >= 0.3 is 0 Å². The van der Waals surface area contributed by atoms with Gasteiger partial charge in [-0.25, -0.2) is 4.98 Å². The molecule has 0 amide bonds. The number of pyridine rings is 1. The second-order valence-corrected chi connectivity index (χ2v) is 7.25. The van der Waals surface area contributed by atoms with Crippen LogP contribution in [0, 0.1) is 0 Å². The fourth-order valence-corrected chi connectivity index (χ4v) is 3.44. The molecule has 1 aromatic rings. The van der Waals surface area contributed by atoms with Crippen molar-refractivity contribution < 1.29 is 4.74 Å². The highest BCUT2D eigenvalue weighted by molar-refractivity contribution is 8.00. The van der Waals surface area contributed by atoms with Crippen LogP contribution in [0.5, 0.6) is 0 Å². The van der Waals surface area contributed by atoms with Gasteiger partial charge in [0.1, 0.15) is 5.15 Å². The second-order valence-electron chi connectivity index (χ2n) is 5.59. The maximum Gasteiger partial charge on any atom is 0.191 e. The lowest BCUT2D eigenvalue weighted by Gasteiger charge is -2.36. The van der Waals surface area contributed by atoms with Crippen LogP contribution in [0.4, 0.5) is 0 Å². The minimum Gasteiger partial charge on any atom is -0.381 e. The van der Waals surface area contributed by atoms with Crippen LogP contribution >= 0.6 is 23.4 Å². The summed E-state index contributed by atoms with van der Waals surface area (Å²) < 4.78 is 5.73. The molecule has 1 saturated heterocycles. The van der Waals surface area contributed by atoms with E-state index in [1.807, 2.05) is 30.1 Å². The Morgan fingerprint density at radius 3 is 2.78 bits per heavy atom. The average molecular weight is 357 g/mol. The highest BCUT2D eigenvalue weighted by atomic mass is 35.5. The number of rotatable bonds is 6. The molecule has 1 aliphatic heterocycles. The second kappa shape index (κ2) is 9.35. The van der Waals surface area contributed by atoms with Crippen molar-refractivity contribution >= 4 is 29.3 Å². The molecule has 2 N–H and O–H groups in total. The van der Waals surface area contributed by atoms with Gasteiger partial charge in [0.25, 0.3) is 0 Å². The lowest BCUT2D eigenvalue weighted by molar-refractivity contribution is 0.0783. The lowest BCUT2D eigenvalue weighted by Crippen LogP contribution is -2.48. The predicted octanol–water partition coefficient (Wildman–Crippen LogP) is 2.35. The maximum atomic E-state index is 5.79. The molecule has 128 valence electrons. The van der Waals surface area contributed by atoms with Crippen LogP contribution in [-0.4, -0.2) is 55.3 Å². The molecular weight excluding hydrogens is 332 g/mol. The van der Waals surface area contributed by atoms with Crippen molar-refractivity contribution in [1.82, 2.24) is 15.6 Å². The number of halogens is 1. The molecule has 1 aromatic heterocycles. The molecule has 1 aliphatic rings. The molecule has 0 atom stereocenters. The largest absolute Gasteiger partial charge is 0.381 e.